The van der Waals surface area contributed by atoms with Gasteiger partial charge in [0.15, 0.2) is 0 Å². The molecule has 0 bridgehead atoms. The van der Waals surface area contributed by atoms with Crippen LogP contribution in [0.3, 0.4) is 0 Å². The van der Waals surface area contributed by atoms with Crippen molar-refractivity contribution in [2.24, 2.45) is 11.8 Å². The van der Waals surface area contributed by atoms with Crippen molar-refractivity contribution in [1.82, 2.24) is 0 Å². The average Bonchev–Trinajstić information content (AvgIpc) is 1.98. The Morgan fingerprint density at radius 2 is 1.82 bits per heavy atom. The van der Waals surface area contributed by atoms with Crippen LogP contribution in [0.1, 0.15) is 46.5 Å². The van der Waals surface area contributed by atoms with Gasteiger partial charge in [-0.05, 0) is 44.4 Å². The Balaban J connectivity index is 2.49. The molecule has 0 amide bonds. The summed E-state index contributed by atoms with van der Waals surface area (Å²) in [6, 6.07) is 0. The van der Waals surface area contributed by atoms with Gasteiger partial charge in [0.05, 0.1) is 0 Å². The third-order valence-corrected chi connectivity index (χ3v) is 3.08. The highest BCUT2D eigenvalue weighted by atomic mass is 14.2. The highest BCUT2D eigenvalue weighted by Gasteiger charge is 2.13. The number of allylic oxidation sites excluding steroid dienone is 2. The molecule has 1 rings (SSSR count). The van der Waals surface area contributed by atoms with Gasteiger partial charge < -0.3 is 0 Å². The minimum Gasteiger partial charge on any atom is -0.0856 e. The number of hydrogen-bond donors (Lipinski definition) is 0. The molecule has 0 aliphatic heterocycles. The first kappa shape index (κ1) is 8.83. The zero-order chi connectivity index (χ0) is 8.27. The smallest absolute Gasteiger partial charge is 0.0320 e. The molecule has 0 fully saturated rings. The summed E-state index contributed by atoms with van der Waals surface area (Å²) in [5.74, 6) is 1.86. The van der Waals surface area contributed by atoms with E-state index in [-0.39, 0.29) is 0 Å². The fraction of sp³-hybridized carbons (Fsp3) is 0.818. The molecule has 0 aromatic rings. The molecule has 0 radical (unpaired) electrons. The monoisotopic (exact) mass is 152 g/mol. The lowest BCUT2D eigenvalue weighted by atomic mass is 9.85. The first-order valence-corrected chi connectivity index (χ1v) is 4.86. The van der Waals surface area contributed by atoms with Crippen molar-refractivity contribution in [2.45, 2.75) is 46.5 Å². The van der Waals surface area contributed by atoms with Crippen LogP contribution >= 0.6 is 0 Å². The fourth-order valence-electron chi connectivity index (χ4n) is 1.72. The molecule has 0 nitrogen and oxygen atoms in total. The van der Waals surface area contributed by atoms with E-state index < -0.39 is 0 Å². The summed E-state index contributed by atoms with van der Waals surface area (Å²) in [5.41, 5.74) is 1.60. The Hall–Kier alpha value is -0.260. The highest BCUT2D eigenvalue weighted by Crippen LogP contribution is 2.26. The maximum Gasteiger partial charge on any atom is -0.0320 e. The summed E-state index contributed by atoms with van der Waals surface area (Å²) in [7, 11) is 0. The summed E-state index contributed by atoms with van der Waals surface area (Å²) in [6.45, 7) is 7.05. The minimum absolute atomic E-state index is 0.929. The lowest BCUT2D eigenvalue weighted by Crippen LogP contribution is -2.09. The molecule has 2 unspecified atom stereocenters. The second-order valence-corrected chi connectivity index (χ2v) is 4.12. The van der Waals surface area contributed by atoms with Gasteiger partial charge in [-0.2, -0.15) is 0 Å². The van der Waals surface area contributed by atoms with E-state index in [1.54, 1.807) is 5.57 Å². The molecule has 1 aliphatic carbocycles. The van der Waals surface area contributed by atoms with Gasteiger partial charge in [0.25, 0.3) is 0 Å². The van der Waals surface area contributed by atoms with E-state index in [1.165, 1.54) is 25.7 Å². The zero-order valence-electron chi connectivity index (χ0n) is 8.06. The molecule has 0 saturated carbocycles. The maximum absolute atomic E-state index is 2.42. The fourth-order valence-corrected chi connectivity index (χ4v) is 1.72. The molecule has 0 N–H and O–H groups in total. The van der Waals surface area contributed by atoms with Crippen molar-refractivity contribution < 1.29 is 0 Å². The van der Waals surface area contributed by atoms with E-state index >= 15 is 0 Å². The van der Waals surface area contributed by atoms with Crippen LogP contribution in [0.2, 0.25) is 0 Å². The molecule has 0 spiro atoms. The first-order valence-electron chi connectivity index (χ1n) is 4.86. The molecule has 0 saturated heterocycles. The van der Waals surface area contributed by atoms with Crippen LogP contribution < -0.4 is 0 Å². The Morgan fingerprint density at radius 3 is 2.55 bits per heavy atom. The molecule has 11 heavy (non-hydrogen) atoms. The maximum atomic E-state index is 2.42. The normalized spacial score (nSPS) is 38.6. The minimum atomic E-state index is 0.929. The van der Waals surface area contributed by atoms with Gasteiger partial charge in [-0.1, -0.05) is 25.5 Å². The lowest BCUT2D eigenvalue weighted by molar-refractivity contribution is 0.340. The molecule has 0 aromatic heterocycles. The molecule has 2 atom stereocenters. The first-order chi connectivity index (χ1) is 5.20. The molecule has 64 valence electrons. The average molecular weight is 152 g/mol. The van der Waals surface area contributed by atoms with Crippen LogP contribution in [-0.2, 0) is 0 Å². The number of hydrogen-bond acceptors (Lipinski definition) is 0. The Labute approximate surface area is 70.7 Å². The predicted octanol–water partition coefficient (Wildman–Crippen LogP) is 3.78. The molecular weight excluding hydrogens is 132 g/mol. The quantitative estimate of drug-likeness (QED) is 0.463. The summed E-state index contributed by atoms with van der Waals surface area (Å²) < 4.78 is 0. The summed E-state index contributed by atoms with van der Waals surface area (Å²) in [4.78, 5) is 0. The van der Waals surface area contributed by atoms with Crippen molar-refractivity contribution in [3.05, 3.63) is 11.6 Å². The Morgan fingerprint density at radius 1 is 1.18 bits per heavy atom. The lowest BCUT2D eigenvalue weighted by Gasteiger charge is -2.21. The SMILES string of the molecule is C/C1=C/CCC(C)C(C)CC1. The van der Waals surface area contributed by atoms with Gasteiger partial charge in [0, 0.05) is 0 Å². The van der Waals surface area contributed by atoms with Crippen molar-refractivity contribution >= 4 is 0 Å². The topological polar surface area (TPSA) is 0 Å². The van der Waals surface area contributed by atoms with Crippen LogP contribution in [-0.4, -0.2) is 0 Å². The molecule has 0 heterocycles. The van der Waals surface area contributed by atoms with Crippen LogP contribution in [0.15, 0.2) is 11.6 Å². The largest absolute Gasteiger partial charge is 0.0856 e. The van der Waals surface area contributed by atoms with Crippen molar-refractivity contribution in [1.29, 1.82) is 0 Å². The van der Waals surface area contributed by atoms with Gasteiger partial charge >= 0.3 is 0 Å². The van der Waals surface area contributed by atoms with Gasteiger partial charge in [0.1, 0.15) is 0 Å². The number of rotatable bonds is 0. The zero-order valence-corrected chi connectivity index (χ0v) is 8.06. The van der Waals surface area contributed by atoms with E-state index in [0.717, 1.165) is 11.8 Å². The van der Waals surface area contributed by atoms with Crippen molar-refractivity contribution in [3.8, 4) is 0 Å². The van der Waals surface area contributed by atoms with Crippen LogP contribution in [0.5, 0.6) is 0 Å². The molecule has 0 heteroatoms. The summed E-state index contributed by atoms with van der Waals surface area (Å²) in [5, 5.41) is 0. The van der Waals surface area contributed by atoms with E-state index in [1.807, 2.05) is 0 Å². The third-order valence-electron chi connectivity index (χ3n) is 3.08. The predicted molar refractivity (Wildman–Crippen MR) is 50.6 cm³/mol. The summed E-state index contributed by atoms with van der Waals surface area (Å²) >= 11 is 0. The van der Waals surface area contributed by atoms with Crippen molar-refractivity contribution in [3.63, 3.8) is 0 Å². The van der Waals surface area contributed by atoms with E-state index in [4.69, 9.17) is 0 Å². The molecular formula is C11H20. The van der Waals surface area contributed by atoms with E-state index in [9.17, 15) is 0 Å². The molecule has 0 aromatic carbocycles. The van der Waals surface area contributed by atoms with Crippen LogP contribution in [0.4, 0.5) is 0 Å². The summed E-state index contributed by atoms with van der Waals surface area (Å²) in [6.07, 6.45) is 7.83. The van der Waals surface area contributed by atoms with Gasteiger partial charge in [-0.25, -0.2) is 0 Å². The highest BCUT2D eigenvalue weighted by molar-refractivity contribution is 4.99. The van der Waals surface area contributed by atoms with Crippen LogP contribution in [0, 0.1) is 11.8 Å². The second-order valence-electron chi connectivity index (χ2n) is 4.12. The van der Waals surface area contributed by atoms with Gasteiger partial charge in [-0.15, -0.1) is 0 Å². The van der Waals surface area contributed by atoms with Crippen molar-refractivity contribution in [2.75, 3.05) is 0 Å². The Kier molecular flexibility index (Phi) is 3.16. The standard InChI is InChI=1S/C11H20/c1-9-5-4-6-10(2)11(3)8-7-9/h5,10-11H,4,6-8H2,1-3H3/b9-5-. The van der Waals surface area contributed by atoms with Crippen LogP contribution in [0.25, 0.3) is 0 Å². The van der Waals surface area contributed by atoms with Gasteiger partial charge in [-0.3, -0.25) is 0 Å². The second kappa shape index (κ2) is 3.94. The third kappa shape index (κ3) is 2.69. The van der Waals surface area contributed by atoms with Gasteiger partial charge in [0.2, 0.25) is 0 Å². The Bertz CT molecular complexity index is 144. The molecule has 1 aliphatic rings. The van der Waals surface area contributed by atoms with E-state index in [2.05, 4.69) is 26.8 Å². The van der Waals surface area contributed by atoms with E-state index in [0.29, 0.717) is 0 Å².